The highest BCUT2D eigenvalue weighted by molar-refractivity contribution is 6.06. The van der Waals surface area contributed by atoms with Gasteiger partial charge in [-0.05, 0) is 98.5 Å². The zero-order chi connectivity index (χ0) is 43.3. The van der Waals surface area contributed by atoms with E-state index in [2.05, 4.69) is 25.8 Å². The van der Waals surface area contributed by atoms with Crippen molar-refractivity contribution in [3.63, 3.8) is 0 Å². The first-order valence-corrected chi connectivity index (χ1v) is 22.5. The minimum Gasteiger partial charge on any atom is -0.385 e. The van der Waals surface area contributed by atoms with Gasteiger partial charge in [-0.1, -0.05) is 37.8 Å². The van der Waals surface area contributed by atoms with Crippen LogP contribution in [0.15, 0.2) is 73.1 Å². The van der Waals surface area contributed by atoms with Crippen LogP contribution in [0.5, 0.6) is 0 Å². The van der Waals surface area contributed by atoms with E-state index >= 15 is 0 Å². The Hall–Kier alpha value is -6.05. The summed E-state index contributed by atoms with van der Waals surface area (Å²) in [5, 5.41) is 8.78. The summed E-state index contributed by atoms with van der Waals surface area (Å²) < 4.78 is 0. The second kappa shape index (κ2) is 21.7. The predicted molar refractivity (Wildman–Crippen MR) is 238 cm³/mol. The lowest BCUT2D eigenvalue weighted by molar-refractivity contribution is -0.137. The van der Waals surface area contributed by atoms with Crippen molar-refractivity contribution in [1.82, 2.24) is 30.3 Å². The molecule has 0 bridgehead atoms. The van der Waals surface area contributed by atoms with Crippen LogP contribution in [0.4, 0.5) is 11.4 Å². The number of hydrogen-bond donors (Lipinski definition) is 3. The van der Waals surface area contributed by atoms with Crippen molar-refractivity contribution in [1.29, 1.82) is 0 Å². The summed E-state index contributed by atoms with van der Waals surface area (Å²) >= 11 is 0. The molecule has 0 spiro atoms. The smallest absolute Gasteiger partial charge is 0.255 e. The van der Waals surface area contributed by atoms with E-state index in [0.29, 0.717) is 56.1 Å². The van der Waals surface area contributed by atoms with Crippen LogP contribution >= 0.6 is 0 Å². The zero-order valence-electron chi connectivity index (χ0n) is 35.7. The third kappa shape index (κ3) is 11.6. The normalized spacial score (nSPS) is 18.3. The fourth-order valence-corrected chi connectivity index (χ4v) is 9.00. The summed E-state index contributed by atoms with van der Waals surface area (Å²) in [5.41, 5.74) is 5.06. The number of nitrogens with zero attached hydrogens (tertiary/aromatic N) is 5. The number of nitrogens with one attached hydrogen (secondary N) is 3. The van der Waals surface area contributed by atoms with E-state index in [1.54, 1.807) is 35.5 Å². The number of piperidine rings is 2. The molecule has 3 fully saturated rings. The Labute approximate surface area is 364 Å². The number of hydrogen-bond acceptors (Lipinski definition) is 9. The first-order valence-electron chi connectivity index (χ1n) is 22.5. The molecule has 2 aromatic carbocycles. The van der Waals surface area contributed by atoms with Crippen LogP contribution in [-0.2, 0) is 25.7 Å². The van der Waals surface area contributed by atoms with Crippen LogP contribution in [-0.4, -0.2) is 114 Å². The van der Waals surface area contributed by atoms with Crippen LogP contribution in [0.2, 0.25) is 0 Å². The van der Waals surface area contributed by atoms with Crippen molar-refractivity contribution in [2.75, 3.05) is 62.6 Å². The summed E-state index contributed by atoms with van der Waals surface area (Å²) in [6.07, 6.45) is 16.7. The van der Waals surface area contributed by atoms with Crippen molar-refractivity contribution in [2.45, 2.75) is 89.6 Å². The molecule has 1 atom stereocenters. The Balaban J connectivity index is 0.726. The molecule has 0 radical (unpaired) electrons. The molecular formula is C48H60N8O6. The molecule has 328 valence electrons. The second-order valence-corrected chi connectivity index (χ2v) is 16.9. The summed E-state index contributed by atoms with van der Waals surface area (Å²) in [7, 11) is 0. The van der Waals surface area contributed by atoms with Crippen molar-refractivity contribution in [3.8, 4) is 0 Å². The largest absolute Gasteiger partial charge is 0.385 e. The first-order chi connectivity index (χ1) is 30.2. The van der Waals surface area contributed by atoms with E-state index < -0.39 is 11.9 Å². The molecule has 0 aliphatic carbocycles. The van der Waals surface area contributed by atoms with E-state index in [1.165, 1.54) is 0 Å². The number of rotatable bonds is 18. The van der Waals surface area contributed by atoms with Crippen molar-refractivity contribution in [3.05, 3.63) is 95.3 Å². The molecule has 3 saturated heterocycles. The quantitative estimate of drug-likeness (QED) is 0.0864. The van der Waals surface area contributed by atoms with Crippen LogP contribution in [0, 0.1) is 5.92 Å². The van der Waals surface area contributed by atoms with Gasteiger partial charge in [0.1, 0.15) is 6.04 Å². The lowest BCUT2D eigenvalue weighted by Gasteiger charge is -2.36. The number of pyridine rings is 1. The Morgan fingerprint density at radius 3 is 2.32 bits per heavy atom. The van der Waals surface area contributed by atoms with E-state index in [0.717, 1.165) is 113 Å². The lowest BCUT2D eigenvalue weighted by Crippen LogP contribution is -2.52. The molecule has 7 rings (SSSR count). The molecular weight excluding hydrogens is 785 g/mol. The maximum Gasteiger partial charge on any atom is 0.255 e. The highest BCUT2D eigenvalue weighted by Crippen LogP contribution is 2.32. The van der Waals surface area contributed by atoms with Gasteiger partial charge in [0.05, 0.1) is 0 Å². The topological polar surface area (TPSA) is 164 Å². The van der Waals surface area contributed by atoms with Crippen LogP contribution in [0.3, 0.4) is 0 Å². The first kappa shape index (κ1) is 44.0. The number of likely N-dealkylation sites (tertiary alicyclic amines) is 1. The summed E-state index contributed by atoms with van der Waals surface area (Å²) in [6.45, 7) is 6.16. The molecule has 4 aliphatic rings. The Kier molecular flexibility index (Phi) is 15.4. The van der Waals surface area contributed by atoms with Gasteiger partial charge in [-0.15, -0.1) is 0 Å². The van der Waals surface area contributed by atoms with Gasteiger partial charge in [-0.2, -0.15) is 0 Å². The summed E-state index contributed by atoms with van der Waals surface area (Å²) in [5.74, 6) is -0.0875. The Bertz CT molecular complexity index is 2080. The van der Waals surface area contributed by atoms with Crippen molar-refractivity contribution < 1.29 is 28.8 Å². The monoisotopic (exact) mass is 844 g/mol. The average molecular weight is 845 g/mol. The number of benzene rings is 2. The minimum atomic E-state index is -0.631. The number of carbonyl (C=O) groups is 6. The number of imide groups is 1. The molecule has 62 heavy (non-hydrogen) atoms. The van der Waals surface area contributed by atoms with Gasteiger partial charge in [0.2, 0.25) is 23.6 Å². The van der Waals surface area contributed by atoms with Gasteiger partial charge in [0.15, 0.2) is 0 Å². The van der Waals surface area contributed by atoms with Crippen molar-refractivity contribution in [2.24, 2.45) is 5.92 Å². The molecule has 4 aliphatic heterocycles. The molecule has 1 aromatic heterocycles. The highest BCUT2D eigenvalue weighted by Gasteiger charge is 2.40. The third-order valence-corrected chi connectivity index (χ3v) is 12.7. The fraction of sp³-hybridized carbons (Fsp3) is 0.479. The number of amides is 6. The molecule has 1 unspecified atom stereocenters. The van der Waals surface area contributed by atoms with Gasteiger partial charge in [0.25, 0.3) is 11.8 Å². The number of anilines is 2. The number of aromatic nitrogens is 1. The lowest BCUT2D eigenvalue weighted by atomic mass is 9.91. The van der Waals surface area contributed by atoms with Crippen LogP contribution in [0.1, 0.15) is 109 Å². The second-order valence-electron chi connectivity index (χ2n) is 16.9. The molecule has 3 aromatic rings. The number of piperazine rings is 1. The molecule has 5 heterocycles. The van der Waals surface area contributed by atoms with E-state index in [1.807, 2.05) is 58.3 Å². The third-order valence-electron chi connectivity index (χ3n) is 12.7. The molecule has 0 saturated carbocycles. The maximum absolute atomic E-state index is 13.3. The van der Waals surface area contributed by atoms with E-state index in [-0.39, 0.29) is 36.0 Å². The van der Waals surface area contributed by atoms with E-state index in [4.69, 9.17) is 0 Å². The molecule has 14 nitrogen and oxygen atoms in total. The molecule has 6 amide bonds. The maximum atomic E-state index is 13.3. The predicted octanol–water partition coefficient (Wildman–Crippen LogP) is 5.41. The van der Waals surface area contributed by atoms with Gasteiger partial charge in [0, 0.05) is 118 Å². The zero-order valence-corrected chi connectivity index (χ0v) is 35.7. The van der Waals surface area contributed by atoms with Gasteiger partial charge in [-0.25, -0.2) is 0 Å². The van der Waals surface area contributed by atoms with Gasteiger partial charge in [-0.3, -0.25) is 39.1 Å². The summed E-state index contributed by atoms with van der Waals surface area (Å²) in [6, 6.07) is 16.6. The van der Waals surface area contributed by atoms with Gasteiger partial charge < -0.3 is 30.2 Å². The number of fused-ring (bicyclic) bond motifs is 1. The average Bonchev–Trinajstić information content (AvgIpc) is 3.64. The van der Waals surface area contributed by atoms with Gasteiger partial charge >= 0.3 is 0 Å². The number of carbonyl (C=O) groups excluding carboxylic acids is 6. The minimum absolute atomic E-state index is 0.0841. The standard InChI is InChI=1S/C48H60N8O6/c57-43(20-14-36-10-8-24-49-33-36)51-26-6-4-9-35-22-27-55(28-23-35)47(61)37-15-17-38(18-16-37)53-29-31-54(32-30-53)45(59)13-3-1-2-5-25-50-41-12-7-11-39-40(41)34-56(48(39)62)42-19-21-44(58)52-46(42)60/h7-8,10-12,14-18,20,24,33,35,42,50H,1-6,9,13,19,21-23,25-32,34H2,(H,51,57)(H,52,58,60)/b20-14+. The van der Waals surface area contributed by atoms with Crippen LogP contribution in [0.25, 0.3) is 6.08 Å². The highest BCUT2D eigenvalue weighted by atomic mass is 16.2. The van der Waals surface area contributed by atoms with E-state index in [9.17, 15) is 28.8 Å². The molecule has 3 N–H and O–H groups in total. The van der Waals surface area contributed by atoms with Crippen molar-refractivity contribution >= 4 is 52.9 Å². The number of unbranched alkanes of at least 4 members (excludes halogenated alkanes) is 4. The van der Waals surface area contributed by atoms with Crippen LogP contribution < -0.4 is 20.9 Å². The SMILES string of the molecule is O=C(/C=C/c1cccnc1)NCCCCC1CCN(C(=O)c2ccc(N3CCN(C(=O)CCCCCCNc4cccc5c4CN(C4CCC(=O)NC4=O)C5=O)CC3)cc2)CC1. The fourth-order valence-electron chi connectivity index (χ4n) is 9.00. The molecule has 14 heteroatoms. The Morgan fingerprint density at radius 1 is 0.790 bits per heavy atom. The summed E-state index contributed by atoms with van der Waals surface area (Å²) in [4.78, 5) is 87.4. The Morgan fingerprint density at radius 2 is 1.56 bits per heavy atom.